The SMILES string of the molecule is [O-]N([O-])c1ccc(C=Cc2ccc(N(O)O)cc2)cc1. The Morgan fingerprint density at radius 2 is 1.10 bits per heavy atom. The van der Waals surface area contributed by atoms with Gasteiger partial charge in [-0.25, -0.2) is 0 Å². The Kier molecular flexibility index (Phi) is 4.34. The molecule has 0 saturated heterocycles. The highest BCUT2D eigenvalue weighted by atomic mass is 16.8. The zero-order valence-corrected chi connectivity index (χ0v) is 10.4. The van der Waals surface area contributed by atoms with E-state index < -0.39 is 5.23 Å². The normalized spacial score (nSPS) is 10.8. The second-order valence-electron chi connectivity index (χ2n) is 4.06. The van der Waals surface area contributed by atoms with Gasteiger partial charge in [0.2, 0.25) is 0 Å². The molecule has 0 fully saturated rings. The molecule has 20 heavy (non-hydrogen) atoms. The Morgan fingerprint density at radius 1 is 0.700 bits per heavy atom. The first-order valence-electron chi connectivity index (χ1n) is 5.77. The fraction of sp³-hybridized carbons (Fsp3) is 0. The molecular formula is C14H12N2O4-2. The average Bonchev–Trinajstić information content (AvgIpc) is 2.46. The lowest BCUT2D eigenvalue weighted by Crippen LogP contribution is -2.10. The highest BCUT2D eigenvalue weighted by molar-refractivity contribution is 5.71. The lowest BCUT2D eigenvalue weighted by atomic mass is 10.1. The minimum atomic E-state index is -0.443. The van der Waals surface area contributed by atoms with E-state index in [4.69, 9.17) is 10.4 Å². The van der Waals surface area contributed by atoms with Crippen LogP contribution in [0.15, 0.2) is 48.5 Å². The summed E-state index contributed by atoms with van der Waals surface area (Å²) in [5, 5.41) is 38.3. The van der Waals surface area contributed by atoms with Crippen LogP contribution in [0.25, 0.3) is 12.2 Å². The van der Waals surface area contributed by atoms with E-state index in [1.54, 1.807) is 36.4 Å². The smallest absolute Gasteiger partial charge is 0.0943 e. The quantitative estimate of drug-likeness (QED) is 0.655. The van der Waals surface area contributed by atoms with Crippen molar-refractivity contribution in [3.63, 3.8) is 0 Å². The third-order valence-electron chi connectivity index (χ3n) is 2.70. The standard InChI is InChI=1S/C14H12N2O4/c17-15(18)13-7-3-11(4-8-13)1-2-12-5-9-14(10-6-12)16(19)20/h1-10,17-18H/q-2. The molecule has 0 aliphatic carbocycles. The molecule has 2 rings (SSSR count). The van der Waals surface area contributed by atoms with Crippen molar-refractivity contribution in [3.8, 4) is 0 Å². The minimum absolute atomic E-state index is 0.0455. The van der Waals surface area contributed by atoms with Crippen LogP contribution in [0.1, 0.15) is 11.1 Å². The molecule has 6 nitrogen and oxygen atoms in total. The summed E-state index contributed by atoms with van der Waals surface area (Å²) in [4.78, 5) is 0. The van der Waals surface area contributed by atoms with Crippen LogP contribution in [0.2, 0.25) is 0 Å². The summed E-state index contributed by atoms with van der Waals surface area (Å²) in [7, 11) is 0. The second kappa shape index (κ2) is 6.18. The average molecular weight is 272 g/mol. The third kappa shape index (κ3) is 3.56. The predicted molar refractivity (Wildman–Crippen MR) is 77.1 cm³/mol. The van der Waals surface area contributed by atoms with Gasteiger partial charge in [-0.05, 0) is 35.4 Å². The van der Waals surface area contributed by atoms with Crippen molar-refractivity contribution in [3.05, 3.63) is 70.1 Å². The highest BCUT2D eigenvalue weighted by Crippen LogP contribution is 2.17. The van der Waals surface area contributed by atoms with Crippen LogP contribution in [0, 0.1) is 10.4 Å². The van der Waals surface area contributed by atoms with Crippen molar-refractivity contribution in [2.75, 3.05) is 10.5 Å². The molecule has 2 aromatic rings. The number of hydrogen-bond donors (Lipinski definition) is 2. The minimum Gasteiger partial charge on any atom is -0.769 e. The Bertz CT molecular complexity index is 524. The van der Waals surface area contributed by atoms with Crippen LogP contribution >= 0.6 is 0 Å². The first kappa shape index (κ1) is 14.0. The Labute approximate surface area is 115 Å². The van der Waals surface area contributed by atoms with Gasteiger partial charge in [0.05, 0.1) is 5.69 Å². The van der Waals surface area contributed by atoms with Crippen LogP contribution in [-0.2, 0) is 0 Å². The molecule has 0 atom stereocenters. The van der Waals surface area contributed by atoms with E-state index in [-0.39, 0.29) is 16.6 Å². The van der Waals surface area contributed by atoms with Crippen molar-refractivity contribution in [1.29, 1.82) is 0 Å². The lowest BCUT2D eigenvalue weighted by Gasteiger charge is -2.37. The summed E-state index contributed by atoms with van der Waals surface area (Å²) >= 11 is 0. The number of rotatable bonds is 4. The first-order valence-corrected chi connectivity index (χ1v) is 5.77. The van der Waals surface area contributed by atoms with Crippen LogP contribution in [0.5, 0.6) is 0 Å². The largest absolute Gasteiger partial charge is 0.769 e. The van der Waals surface area contributed by atoms with Crippen molar-refractivity contribution >= 4 is 23.5 Å². The zero-order chi connectivity index (χ0) is 14.5. The van der Waals surface area contributed by atoms with E-state index in [0.717, 1.165) is 11.1 Å². The summed E-state index contributed by atoms with van der Waals surface area (Å²) in [5.41, 5.74) is 2.02. The molecule has 0 unspecified atom stereocenters. The maximum Gasteiger partial charge on any atom is 0.0943 e. The molecule has 104 valence electrons. The Hall–Kier alpha value is -2.38. The second-order valence-corrected chi connectivity index (χ2v) is 4.06. The topological polar surface area (TPSA) is 93.1 Å². The van der Waals surface area contributed by atoms with Crippen LogP contribution in [-0.4, -0.2) is 10.4 Å². The van der Waals surface area contributed by atoms with Gasteiger partial charge in [0.25, 0.3) is 0 Å². The molecule has 6 heteroatoms. The van der Waals surface area contributed by atoms with Gasteiger partial charge in [-0.3, -0.25) is 10.4 Å². The fourth-order valence-corrected chi connectivity index (χ4v) is 1.62. The van der Waals surface area contributed by atoms with Gasteiger partial charge in [0.15, 0.2) is 0 Å². The molecule has 0 saturated carbocycles. The van der Waals surface area contributed by atoms with Crippen LogP contribution < -0.4 is 10.5 Å². The molecule has 0 bridgehead atoms. The van der Waals surface area contributed by atoms with Crippen LogP contribution in [0.4, 0.5) is 11.4 Å². The fourth-order valence-electron chi connectivity index (χ4n) is 1.62. The van der Waals surface area contributed by atoms with Gasteiger partial charge in [0.1, 0.15) is 0 Å². The summed E-state index contributed by atoms with van der Waals surface area (Å²) < 4.78 is 0. The third-order valence-corrected chi connectivity index (χ3v) is 2.70. The van der Waals surface area contributed by atoms with Crippen molar-refractivity contribution in [2.24, 2.45) is 0 Å². The van der Waals surface area contributed by atoms with Gasteiger partial charge >= 0.3 is 0 Å². The maximum atomic E-state index is 10.5. The molecule has 0 aromatic heterocycles. The van der Waals surface area contributed by atoms with E-state index in [1.165, 1.54) is 12.1 Å². The van der Waals surface area contributed by atoms with E-state index in [2.05, 4.69) is 0 Å². The summed E-state index contributed by atoms with van der Waals surface area (Å²) in [6, 6.07) is 12.7. The maximum absolute atomic E-state index is 10.5. The number of hydrogen-bond acceptors (Lipinski definition) is 6. The van der Waals surface area contributed by atoms with Gasteiger partial charge in [-0.15, -0.1) is 5.23 Å². The van der Waals surface area contributed by atoms with Crippen LogP contribution in [0.3, 0.4) is 0 Å². The molecule has 2 aromatic carbocycles. The number of nitrogens with zero attached hydrogens (tertiary/aromatic N) is 2. The molecule has 0 radical (unpaired) electrons. The van der Waals surface area contributed by atoms with E-state index >= 15 is 0 Å². The van der Waals surface area contributed by atoms with Crippen molar-refractivity contribution in [2.45, 2.75) is 0 Å². The molecule has 0 spiro atoms. The van der Waals surface area contributed by atoms with E-state index in [1.807, 2.05) is 12.2 Å². The zero-order valence-electron chi connectivity index (χ0n) is 10.4. The monoisotopic (exact) mass is 272 g/mol. The molecule has 2 N–H and O–H groups in total. The summed E-state index contributed by atoms with van der Waals surface area (Å²) in [5.74, 6) is 0. The van der Waals surface area contributed by atoms with Crippen molar-refractivity contribution < 1.29 is 10.4 Å². The highest BCUT2D eigenvalue weighted by Gasteiger charge is 1.96. The van der Waals surface area contributed by atoms with Gasteiger partial charge < -0.3 is 15.6 Å². The Balaban J connectivity index is 2.08. The molecule has 0 heterocycles. The number of benzene rings is 2. The molecule has 0 aliphatic rings. The Morgan fingerprint density at radius 3 is 1.45 bits per heavy atom. The summed E-state index contributed by atoms with van der Waals surface area (Å²) in [6.07, 6.45) is 3.64. The molecular weight excluding hydrogens is 260 g/mol. The van der Waals surface area contributed by atoms with Gasteiger partial charge in [0, 0.05) is 5.69 Å². The first-order chi connectivity index (χ1) is 9.56. The summed E-state index contributed by atoms with van der Waals surface area (Å²) in [6.45, 7) is 0. The molecule has 0 amide bonds. The van der Waals surface area contributed by atoms with Gasteiger partial charge in [-0.1, -0.05) is 36.4 Å². The van der Waals surface area contributed by atoms with Crippen molar-refractivity contribution in [1.82, 2.24) is 0 Å². The lowest BCUT2D eigenvalue weighted by molar-refractivity contribution is 0.0291. The predicted octanol–water partition coefficient (Wildman–Crippen LogP) is 3.24. The molecule has 0 aliphatic heterocycles. The van der Waals surface area contributed by atoms with E-state index in [0.29, 0.717) is 0 Å². The number of anilines is 2. The van der Waals surface area contributed by atoms with E-state index in [9.17, 15) is 10.4 Å². The van der Waals surface area contributed by atoms with Gasteiger partial charge in [-0.2, -0.15) is 0 Å².